The summed E-state index contributed by atoms with van der Waals surface area (Å²) in [5.41, 5.74) is 0. The summed E-state index contributed by atoms with van der Waals surface area (Å²) in [7, 11) is -1.94. The van der Waals surface area contributed by atoms with E-state index in [2.05, 4.69) is 40.4 Å². The van der Waals surface area contributed by atoms with Crippen LogP contribution < -0.4 is 0 Å². The molecule has 0 aromatic carbocycles. The Labute approximate surface area is 130 Å². The van der Waals surface area contributed by atoms with Crippen LogP contribution in [0.5, 0.6) is 0 Å². The van der Waals surface area contributed by atoms with E-state index in [4.69, 9.17) is 13.9 Å². The van der Waals surface area contributed by atoms with Gasteiger partial charge in [0.15, 0.2) is 14.1 Å². The molecule has 0 radical (unpaired) electrons. The van der Waals surface area contributed by atoms with E-state index in [1.165, 1.54) is 0 Å². The molecule has 0 amide bonds. The zero-order valence-electron chi connectivity index (χ0n) is 14.6. The second-order valence-electron chi connectivity index (χ2n) is 7.82. The number of hydrogen-bond acceptors (Lipinski definition) is 4. The van der Waals surface area contributed by atoms with E-state index >= 15 is 0 Å². The predicted molar refractivity (Wildman–Crippen MR) is 87.8 cm³/mol. The zero-order chi connectivity index (χ0) is 16.5. The minimum atomic E-state index is -1.94. The normalized spacial score (nSPS) is 25.6. The fraction of sp³-hybridized carbons (Fsp3) is 0.875. The number of rotatable bonds is 6. The molecule has 21 heavy (non-hydrogen) atoms. The van der Waals surface area contributed by atoms with Gasteiger partial charge in [0.1, 0.15) is 6.10 Å². The van der Waals surface area contributed by atoms with Crippen molar-refractivity contribution in [2.24, 2.45) is 0 Å². The summed E-state index contributed by atoms with van der Waals surface area (Å²) < 4.78 is 18.1. The first-order valence-electron chi connectivity index (χ1n) is 7.68. The summed E-state index contributed by atoms with van der Waals surface area (Å²) in [6.07, 6.45) is 1.11. The van der Waals surface area contributed by atoms with Gasteiger partial charge in [-0.15, -0.1) is 6.58 Å². The van der Waals surface area contributed by atoms with Gasteiger partial charge >= 0.3 is 0 Å². The maximum absolute atomic E-state index is 9.94. The maximum Gasteiger partial charge on any atom is 0.192 e. The summed E-state index contributed by atoms with van der Waals surface area (Å²) in [6, 6.07) is 0. The van der Waals surface area contributed by atoms with Crippen LogP contribution in [-0.2, 0) is 13.9 Å². The Hall–Kier alpha value is -0.203. The molecule has 1 aliphatic rings. The van der Waals surface area contributed by atoms with Crippen molar-refractivity contribution in [3.05, 3.63) is 12.7 Å². The fourth-order valence-corrected chi connectivity index (χ4v) is 3.42. The minimum Gasteiger partial charge on any atom is -0.411 e. The van der Waals surface area contributed by atoms with Gasteiger partial charge in [-0.05, 0) is 32.0 Å². The highest BCUT2D eigenvalue weighted by atomic mass is 28.4. The van der Waals surface area contributed by atoms with E-state index in [0.717, 1.165) is 0 Å². The second-order valence-corrected chi connectivity index (χ2v) is 12.6. The van der Waals surface area contributed by atoms with Crippen molar-refractivity contribution >= 4 is 8.32 Å². The molecule has 124 valence electrons. The molecule has 5 heteroatoms. The fourth-order valence-electron chi connectivity index (χ4n) is 2.06. The number of aliphatic hydroxyl groups excluding tert-OH is 1. The predicted octanol–water partition coefficient (Wildman–Crippen LogP) is 3.47. The Morgan fingerprint density at radius 1 is 1.43 bits per heavy atom. The maximum atomic E-state index is 9.94. The Kier molecular flexibility index (Phi) is 5.84. The first kappa shape index (κ1) is 18.8. The van der Waals surface area contributed by atoms with Crippen LogP contribution in [0.3, 0.4) is 0 Å². The van der Waals surface area contributed by atoms with Gasteiger partial charge in [0.2, 0.25) is 0 Å². The highest BCUT2D eigenvalue weighted by molar-refractivity contribution is 6.74. The second kappa shape index (κ2) is 6.50. The highest BCUT2D eigenvalue weighted by Gasteiger charge is 2.44. The molecule has 1 N–H and O–H groups in total. The molecule has 1 fully saturated rings. The van der Waals surface area contributed by atoms with E-state index in [0.29, 0.717) is 13.0 Å². The van der Waals surface area contributed by atoms with E-state index in [-0.39, 0.29) is 17.2 Å². The van der Waals surface area contributed by atoms with Crippen molar-refractivity contribution in [3.63, 3.8) is 0 Å². The molecule has 1 heterocycles. The van der Waals surface area contributed by atoms with E-state index in [1.54, 1.807) is 6.08 Å². The largest absolute Gasteiger partial charge is 0.411 e. The van der Waals surface area contributed by atoms with Crippen LogP contribution in [0.1, 0.15) is 41.0 Å². The van der Waals surface area contributed by atoms with E-state index in [9.17, 15) is 5.11 Å². The lowest BCUT2D eigenvalue weighted by Crippen LogP contribution is -2.48. The lowest BCUT2D eigenvalue weighted by molar-refractivity contribution is -0.151. The molecule has 0 aromatic rings. The van der Waals surface area contributed by atoms with Crippen LogP contribution in [0, 0.1) is 0 Å². The van der Waals surface area contributed by atoms with Gasteiger partial charge in [-0.2, -0.15) is 0 Å². The van der Waals surface area contributed by atoms with Crippen LogP contribution in [0.15, 0.2) is 12.7 Å². The van der Waals surface area contributed by atoms with E-state index < -0.39 is 20.2 Å². The zero-order valence-corrected chi connectivity index (χ0v) is 15.6. The summed E-state index contributed by atoms with van der Waals surface area (Å²) in [5.74, 6) is -0.584. The Bertz CT molecular complexity index is 360. The topological polar surface area (TPSA) is 47.9 Å². The van der Waals surface area contributed by atoms with Gasteiger partial charge in [-0.1, -0.05) is 26.8 Å². The minimum absolute atomic E-state index is 0.110. The van der Waals surface area contributed by atoms with Gasteiger partial charge in [0, 0.05) is 6.42 Å². The molecular weight excluding hydrogens is 284 g/mol. The number of aliphatic hydroxyl groups is 1. The molecule has 4 nitrogen and oxygen atoms in total. The Morgan fingerprint density at radius 2 is 2.00 bits per heavy atom. The third-order valence-electron chi connectivity index (χ3n) is 4.44. The van der Waals surface area contributed by atoms with Gasteiger partial charge in [0.25, 0.3) is 0 Å². The quantitative estimate of drug-likeness (QED) is 0.602. The standard InChI is InChI=1S/C16H32O4Si/c1-9-12(17)10-13(14-11-18-16(5,6)19-14)20-21(7,8)15(2,3)4/h9,12-14,17H,1,10-11H2,2-8H3/t12-,13-,14+/m0/s1. The molecule has 0 aliphatic carbocycles. The van der Waals surface area contributed by atoms with Crippen LogP contribution in [0.25, 0.3) is 0 Å². The first-order valence-corrected chi connectivity index (χ1v) is 10.6. The highest BCUT2D eigenvalue weighted by Crippen LogP contribution is 2.39. The summed E-state index contributed by atoms with van der Waals surface area (Å²) >= 11 is 0. The average Bonchev–Trinajstić information content (AvgIpc) is 2.67. The van der Waals surface area contributed by atoms with Crippen molar-refractivity contribution in [3.8, 4) is 0 Å². The molecule has 0 saturated carbocycles. The summed E-state index contributed by atoms with van der Waals surface area (Å²) in [4.78, 5) is 0. The smallest absolute Gasteiger partial charge is 0.192 e. The molecule has 0 spiro atoms. The van der Waals surface area contributed by atoms with Gasteiger partial charge in [-0.25, -0.2) is 0 Å². The van der Waals surface area contributed by atoms with Crippen molar-refractivity contribution in [1.29, 1.82) is 0 Å². The van der Waals surface area contributed by atoms with Crippen LogP contribution in [-0.4, -0.2) is 44.1 Å². The van der Waals surface area contributed by atoms with Crippen molar-refractivity contribution in [1.82, 2.24) is 0 Å². The first-order chi connectivity index (χ1) is 9.38. The van der Waals surface area contributed by atoms with Gasteiger partial charge in [0.05, 0.1) is 18.8 Å². The monoisotopic (exact) mass is 316 g/mol. The molecule has 1 aliphatic heterocycles. The van der Waals surface area contributed by atoms with Gasteiger partial charge < -0.3 is 19.0 Å². The number of ether oxygens (including phenoxy) is 2. The van der Waals surface area contributed by atoms with E-state index in [1.807, 2.05) is 13.8 Å². The number of hydrogen-bond donors (Lipinski definition) is 1. The average molecular weight is 317 g/mol. The van der Waals surface area contributed by atoms with Crippen molar-refractivity contribution < 1.29 is 19.0 Å². The third kappa shape index (κ3) is 5.18. The lowest BCUT2D eigenvalue weighted by Gasteiger charge is -2.41. The lowest BCUT2D eigenvalue weighted by atomic mass is 10.1. The molecule has 3 atom stereocenters. The SMILES string of the molecule is C=C[C@H](O)C[C@H](O[Si](C)(C)C(C)(C)C)[C@H]1COC(C)(C)O1. The van der Waals surface area contributed by atoms with Crippen LogP contribution >= 0.6 is 0 Å². The molecule has 0 unspecified atom stereocenters. The molecule has 0 bridgehead atoms. The molecule has 1 rings (SSSR count). The van der Waals surface area contributed by atoms with Gasteiger partial charge in [-0.3, -0.25) is 0 Å². The molecular formula is C16H32O4Si. The van der Waals surface area contributed by atoms with Crippen LogP contribution in [0.2, 0.25) is 18.1 Å². The van der Waals surface area contributed by atoms with Crippen molar-refractivity contribution in [2.75, 3.05) is 6.61 Å². The summed E-state index contributed by atoms with van der Waals surface area (Å²) in [5, 5.41) is 10.0. The Balaban J connectivity index is 2.86. The molecule has 1 saturated heterocycles. The van der Waals surface area contributed by atoms with Crippen LogP contribution in [0.4, 0.5) is 0 Å². The Morgan fingerprint density at radius 3 is 2.38 bits per heavy atom. The van der Waals surface area contributed by atoms with Crippen molar-refractivity contribution in [2.45, 2.75) is 83.3 Å². The summed E-state index contributed by atoms with van der Waals surface area (Å²) in [6.45, 7) is 19.0. The third-order valence-corrected chi connectivity index (χ3v) is 8.95. The molecule has 0 aromatic heterocycles.